The van der Waals surface area contributed by atoms with Gasteiger partial charge in [0, 0.05) is 0 Å². The fourth-order valence-electron chi connectivity index (χ4n) is 1.98. The third-order valence-electron chi connectivity index (χ3n) is 2.98. The third-order valence-corrected chi connectivity index (χ3v) is 2.98. The second kappa shape index (κ2) is 4.47. The molecular formula is C13H13FO2. The Morgan fingerprint density at radius 1 is 1.31 bits per heavy atom. The van der Waals surface area contributed by atoms with Gasteiger partial charge in [-0.15, -0.1) is 0 Å². The summed E-state index contributed by atoms with van der Waals surface area (Å²) in [7, 11) is 0. The van der Waals surface area contributed by atoms with E-state index in [0.29, 0.717) is 12.8 Å². The van der Waals surface area contributed by atoms with Crippen molar-refractivity contribution in [3.05, 3.63) is 41.7 Å². The van der Waals surface area contributed by atoms with Crippen LogP contribution in [0.15, 0.2) is 30.3 Å². The molecule has 84 valence electrons. The van der Waals surface area contributed by atoms with Gasteiger partial charge in [0.1, 0.15) is 5.82 Å². The lowest BCUT2D eigenvalue weighted by atomic mass is 9.87. The van der Waals surface area contributed by atoms with Crippen molar-refractivity contribution in [1.82, 2.24) is 0 Å². The van der Waals surface area contributed by atoms with Crippen molar-refractivity contribution in [3.8, 4) is 0 Å². The summed E-state index contributed by atoms with van der Waals surface area (Å²) in [5, 5.41) is 8.85. The average molecular weight is 220 g/mol. The molecule has 0 saturated heterocycles. The molecule has 0 spiro atoms. The van der Waals surface area contributed by atoms with E-state index in [2.05, 4.69) is 0 Å². The summed E-state index contributed by atoms with van der Waals surface area (Å²) in [5.41, 5.74) is 2.11. The topological polar surface area (TPSA) is 37.3 Å². The highest BCUT2D eigenvalue weighted by Gasteiger charge is 2.20. The van der Waals surface area contributed by atoms with Crippen LogP contribution in [0.3, 0.4) is 0 Å². The highest BCUT2D eigenvalue weighted by molar-refractivity contribution is 5.74. The Balaban J connectivity index is 2.13. The van der Waals surface area contributed by atoms with Gasteiger partial charge < -0.3 is 5.11 Å². The molecule has 3 heteroatoms. The van der Waals surface area contributed by atoms with Crippen LogP contribution >= 0.6 is 0 Å². The average Bonchev–Trinajstić information content (AvgIpc) is 2.30. The van der Waals surface area contributed by atoms with E-state index in [1.807, 2.05) is 6.08 Å². The second-order valence-corrected chi connectivity index (χ2v) is 4.05. The van der Waals surface area contributed by atoms with Crippen molar-refractivity contribution in [2.24, 2.45) is 5.92 Å². The van der Waals surface area contributed by atoms with Crippen molar-refractivity contribution in [2.75, 3.05) is 0 Å². The maximum absolute atomic E-state index is 12.7. The lowest BCUT2D eigenvalue weighted by molar-refractivity contribution is -0.141. The van der Waals surface area contributed by atoms with Gasteiger partial charge in [-0.25, -0.2) is 4.39 Å². The van der Waals surface area contributed by atoms with Gasteiger partial charge in [0.25, 0.3) is 0 Å². The van der Waals surface area contributed by atoms with Gasteiger partial charge in [0.15, 0.2) is 0 Å². The molecule has 0 fully saturated rings. The molecule has 0 heterocycles. The molecule has 0 aliphatic heterocycles. The van der Waals surface area contributed by atoms with Gasteiger partial charge in [-0.05, 0) is 42.5 Å². The first-order valence-corrected chi connectivity index (χ1v) is 5.34. The van der Waals surface area contributed by atoms with Crippen LogP contribution in [-0.2, 0) is 4.79 Å². The Bertz CT molecular complexity index is 420. The van der Waals surface area contributed by atoms with Crippen molar-refractivity contribution in [3.63, 3.8) is 0 Å². The molecule has 0 saturated carbocycles. The van der Waals surface area contributed by atoms with E-state index in [-0.39, 0.29) is 11.7 Å². The fraction of sp³-hybridized carbons (Fsp3) is 0.308. The smallest absolute Gasteiger partial charge is 0.306 e. The predicted octanol–water partition coefficient (Wildman–Crippen LogP) is 3.09. The number of aliphatic carboxylic acids is 1. The second-order valence-electron chi connectivity index (χ2n) is 4.05. The van der Waals surface area contributed by atoms with Crippen LogP contribution in [0.4, 0.5) is 4.39 Å². The number of benzene rings is 1. The number of rotatable bonds is 2. The number of carboxylic acids is 1. The molecule has 1 N–H and O–H groups in total. The van der Waals surface area contributed by atoms with Gasteiger partial charge in [-0.1, -0.05) is 18.2 Å². The summed E-state index contributed by atoms with van der Waals surface area (Å²) in [6.45, 7) is 0. The number of carboxylic acid groups (broad SMARTS) is 1. The van der Waals surface area contributed by atoms with E-state index in [9.17, 15) is 9.18 Å². The molecule has 1 aromatic rings. The maximum Gasteiger partial charge on any atom is 0.306 e. The molecule has 0 bridgehead atoms. The molecule has 1 atom stereocenters. The third kappa shape index (κ3) is 2.30. The van der Waals surface area contributed by atoms with E-state index in [1.54, 1.807) is 12.1 Å². The van der Waals surface area contributed by atoms with Crippen LogP contribution in [0.1, 0.15) is 24.8 Å². The van der Waals surface area contributed by atoms with Crippen LogP contribution in [-0.4, -0.2) is 11.1 Å². The first-order valence-electron chi connectivity index (χ1n) is 5.34. The highest BCUT2D eigenvalue weighted by atomic mass is 19.1. The molecular weight excluding hydrogens is 207 g/mol. The lowest BCUT2D eigenvalue weighted by Gasteiger charge is -2.18. The van der Waals surface area contributed by atoms with Crippen molar-refractivity contribution >= 4 is 11.5 Å². The number of halogens is 1. The highest BCUT2D eigenvalue weighted by Crippen LogP contribution is 2.30. The first kappa shape index (κ1) is 10.9. The quantitative estimate of drug-likeness (QED) is 0.831. The number of hydrogen-bond donors (Lipinski definition) is 1. The minimum absolute atomic E-state index is 0.247. The molecule has 1 aliphatic carbocycles. The van der Waals surface area contributed by atoms with E-state index in [0.717, 1.165) is 17.6 Å². The van der Waals surface area contributed by atoms with Gasteiger partial charge in [-0.3, -0.25) is 4.79 Å². The molecule has 2 rings (SSSR count). The molecule has 2 nitrogen and oxygen atoms in total. The Morgan fingerprint density at radius 2 is 2.00 bits per heavy atom. The minimum atomic E-state index is -0.727. The Kier molecular flexibility index (Phi) is 3.04. The fourth-order valence-corrected chi connectivity index (χ4v) is 1.98. The Labute approximate surface area is 93.4 Å². The van der Waals surface area contributed by atoms with E-state index in [4.69, 9.17) is 5.11 Å². The van der Waals surface area contributed by atoms with Crippen LogP contribution in [0.25, 0.3) is 5.57 Å². The van der Waals surface area contributed by atoms with E-state index in [1.165, 1.54) is 12.1 Å². The minimum Gasteiger partial charge on any atom is -0.481 e. The molecule has 0 amide bonds. The maximum atomic E-state index is 12.7. The van der Waals surface area contributed by atoms with E-state index < -0.39 is 5.97 Å². The van der Waals surface area contributed by atoms with E-state index >= 15 is 0 Å². The molecule has 16 heavy (non-hydrogen) atoms. The summed E-state index contributed by atoms with van der Waals surface area (Å²) in [6.07, 6.45) is 3.94. The van der Waals surface area contributed by atoms with Crippen LogP contribution in [0, 0.1) is 11.7 Å². The zero-order valence-corrected chi connectivity index (χ0v) is 8.82. The summed E-state index contributed by atoms with van der Waals surface area (Å²) in [5.74, 6) is -1.23. The summed E-state index contributed by atoms with van der Waals surface area (Å²) in [4.78, 5) is 10.8. The molecule has 1 aromatic carbocycles. The molecule has 0 unspecified atom stereocenters. The van der Waals surface area contributed by atoms with Crippen LogP contribution in [0.5, 0.6) is 0 Å². The predicted molar refractivity (Wildman–Crippen MR) is 59.4 cm³/mol. The Hall–Kier alpha value is -1.64. The molecule has 0 aromatic heterocycles. The SMILES string of the molecule is O=C(O)[C@H]1CC=C(c2ccc(F)cc2)CC1. The largest absolute Gasteiger partial charge is 0.481 e. The number of carbonyl (C=O) groups is 1. The van der Waals surface area contributed by atoms with Gasteiger partial charge in [0.05, 0.1) is 5.92 Å². The van der Waals surface area contributed by atoms with Crippen LogP contribution < -0.4 is 0 Å². The Morgan fingerprint density at radius 3 is 2.50 bits per heavy atom. The zero-order chi connectivity index (χ0) is 11.5. The van der Waals surface area contributed by atoms with Gasteiger partial charge in [0.2, 0.25) is 0 Å². The monoisotopic (exact) mass is 220 g/mol. The summed E-state index contributed by atoms with van der Waals surface area (Å²) in [6, 6.07) is 6.34. The molecule has 0 radical (unpaired) electrons. The van der Waals surface area contributed by atoms with Gasteiger partial charge in [-0.2, -0.15) is 0 Å². The number of allylic oxidation sites excluding steroid dienone is 2. The first-order chi connectivity index (χ1) is 7.66. The molecule has 1 aliphatic rings. The lowest BCUT2D eigenvalue weighted by Crippen LogP contribution is -2.15. The normalized spacial score (nSPS) is 20.3. The van der Waals surface area contributed by atoms with Crippen LogP contribution in [0.2, 0.25) is 0 Å². The summed E-state index contributed by atoms with van der Waals surface area (Å²) >= 11 is 0. The zero-order valence-electron chi connectivity index (χ0n) is 8.82. The standard InChI is InChI=1S/C13H13FO2/c14-12-7-5-10(6-8-12)9-1-3-11(4-2-9)13(15)16/h1,5-8,11H,2-4H2,(H,15,16)/t11-/m0/s1. The summed E-state index contributed by atoms with van der Waals surface area (Å²) < 4.78 is 12.7. The van der Waals surface area contributed by atoms with Crippen molar-refractivity contribution in [1.29, 1.82) is 0 Å². The van der Waals surface area contributed by atoms with Crippen molar-refractivity contribution in [2.45, 2.75) is 19.3 Å². The number of hydrogen-bond acceptors (Lipinski definition) is 1. The van der Waals surface area contributed by atoms with Crippen molar-refractivity contribution < 1.29 is 14.3 Å². The van der Waals surface area contributed by atoms with Gasteiger partial charge >= 0.3 is 5.97 Å².